The quantitative estimate of drug-likeness (QED) is 0.366. The zero-order chi connectivity index (χ0) is 24.2. The van der Waals surface area contributed by atoms with E-state index in [4.69, 9.17) is 0 Å². The first kappa shape index (κ1) is 26.0. The summed E-state index contributed by atoms with van der Waals surface area (Å²) in [6, 6.07) is 14.3. The molecule has 0 aliphatic rings. The van der Waals surface area contributed by atoms with Crippen molar-refractivity contribution in [1.82, 2.24) is 10.6 Å². The minimum absolute atomic E-state index is 0.368. The summed E-state index contributed by atoms with van der Waals surface area (Å²) in [6.45, 7) is 8.43. The normalized spacial score (nSPS) is 12.7. The third kappa shape index (κ3) is 7.68. The third-order valence-electron chi connectivity index (χ3n) is 5.16. The number of hydrogen-bond donors (Lipinski definition) is 3. The van der Waals surface area contributed by atoms with Crippen LogP contribution >= 0.6 is 11.8 Å². The summed E-state index contributed by atoms with van der Waals surface area (Å²) in [7, 11) is 0. The molecule has 6 heteroatoms. The molecule has 0 radical (unpaired) electrons. The highest BCUT2D eigenvalue weighted by atomic mass is 32.2. The van der Waals surface area contributed by atoms with Crippen molar-refractivity contribution in [1.29, 1.82) is 0 Å². The number of rotatable bonds is 12. The Bertz CT molecular complexity index is 1030. The van der Waals surface area contributed by atoms with Gasteiger partial charge < -0.3 is 15.7 Å². The van der Waals surface area contributed by atoms with Crippen molar-refractivity contribution in [2.45, 2.75) is 32.9 Å². The number of allylic oxidation sites excluding steroid dienone is 4. The van der Waals surface area contributed by atoms with Gasteiger partial charge in [-0.1, -0.05) is 55.1 Å². The van der Waals surface area contributed by atoms with Gasteiger partial charge in [-0.15, -0.1) is 0 Å². The Labute approximate surface area is 200 Å². The summed E-state index contributed by atoms with van der Waals surface area (Å²) in [4.78, 5) is 24.7. The molecule has 174 valence electrons. The average Bonchev–Trinajstić information content (AvgIpc) is 2.82. The lowest BCUT2D eigenvalue weighted by Gasteiger charge is -2.17. The molecule has 0 aliphatic carbocycles. The van der Waals surface area contributed by atoms with E-state index >= 15 is 0 Å². The lowest BCUT2D eigenvalue weighted by Crippen LogP contribution is -2.41. The first-order chi connectivity index (χ1) is 15.9. The first-order valence-electron chi connectivity index (χ1n) is 10.8. The molecule has 3 N–H and O–H groups in total. The van der Waals surface area contributed by atoms with E-state index in [0.717, 1.165) is 28.0 Å². The number of carbonyl (C=O) groups excluding carboxylic acids is 1. The molecule has 1 unspecified atom stereocenters. The van der Waals surface area contributed by atoms with Crippen molar-refractivity contribution >= 4 is 23.6 Å². The van der Waals surface area contributed by atoms with E-state index in [1.165, 1.54) is 0 Å². The molecule has 0 aromatic heterocycles. The molecule has 2 aromatic rings. The minimum Gasteiger partial charge on any atom is -0.480 e. The van der Waals surface area contributed by atoms with Gasteiger partial charge in [-0.3, -0.25) is 4.79 Å². The number of nitrogens with one attached hydrogen (secondary N) is 2. The first-order valence-corrected chi connectivity index (χ1v) is 12.2. The number of carboxylic acids is 1. The Morgan fingerprint density at radius 2 is 1.91 bits per heavy atom. The summed E-state index contributed by atoms with van der Waals surface area (Å²) in [6.07, 6.45) is 8.06. The Hall–Kier alpha value is -3.25. The molecule has 0 spiro atoms. The zero-order valence-electron chi connectivity index (χ0n) is 19.4. The SMILES string of the molecule is C=C/C(NCc1ccc(C(=O)NC(CCSC)C(=O)O)c(-c2ccccc2)c1)=C(C)\C=C/C. The second-order valence-corrected chi connectivity index (χ2v) is 8.53. The Kier molecular flexibility index (Phi) is 10.5. The van der Waals surface area contributed by atoms with E-state index in [1.54, 1.807) is 23.9 Å². The number of carbonyl (C=O) groups is 2. The third-order valence-corrected chi connectivity index (χ3v) is 5.80. The highest BCUT2D eigenvalue weighted by Gasteiger charge is 2.22. The predicted molar refractivity (Wildman–Crippen MR) is 138 cm³/mol. The van der Waals surface area contributed by atoms with Gasteiger partial charge in [0.25, 0.3) is 5.91 Å². The monoisotopic (exact) mass is 464 g/mol. The van der Waals surface area contributed by atoms with Gasteiger partial charge in [0.05, 0.1) is 0 Å². The van der Waals surface area contributed by atoms with Crippen LogP contribution in [0.1, 0.15) is 36.2 Å². The molecule has 1 amide bonds. The molecule has 0 aliphatic heterocycles. The topological polar surface area (TPSA) is 78.4 Å². The molecule has 1 atom stereocenters. The average molecular weight is 465 g/mol. The van der Waals surface area contributed by atoms with Crippen molar-refractivity contribution in [3.63, 3.8) is 0 Å². The Balaban J connectivity index is 2.36. The van der Waals surface area contributed by atoms with Gasteiger partial charge in [0.2, 0.25) is 0 Å². The second kappa shape index (κ2) is 13.3. The maximum absolute atomic E-state index is 13.1. The van der Waals surface area contributed by atoms with Gasteiger partial charge in [-0.05, 0) is 72.7 Å². The molecule has 2 aromatic carbocycles. The van der Waals surface area contributed by atoms with E-state index in [-0.39, 0.29) is 0 Å². The van der Waals surface area contributed by atoms with Crippen LogP contribution in [0, 0.1) is 0 Å². The number of thioether (sulfide) groups is 1. The largest absolute Gasteiger partial charge is 0.480 e. The molecule has 0 saturated carbocycles. The van der Waals surface area contributed by atoms with Crippen molar-refractivity contribution in [2.24, 2.45) is 0 Å². The van der Waals surface area contributed by atoms with Crippen LogP contribution in [0.3, 0.4) is 0 Å². The fraction of sp³-hybridized carbons (Fsp3) is 0.259. The molecule has 0 fully saturated rings. The number of benzene rings is 2. The summed E-state index contributed by atoms with van der Waals surface area (Å²) >= 11 is 1.55. The van der Waals surface area contributed by atoms with E-state index in [0.29, 0.717) is 24.3 Å². The van der Waals surface area contributed by atoms with Crippen molar-refractivity contribution in [3.05, 3.63) is 95.7 Å². The van der Waals surface area contributed by atoms with Crippen LogP contribution in [-0.4, -0.2) is 35.0 Å². The molecule has 5 nitrogen and oxygen atoms in total. The van der Waals surface area contributed by atoms with Crippen LogP contribution in [0.25, 0.3) is 11.1 Å². The van der Waals surface area contributed by atoms with Gasteiger partial charge in [-0.25, -0.2) is 4.79 Å². The van der Waals surface area contributed by atoms with Crippen LogP contribution in [0.5, 0.6) is 0 Å². The van der Waals surface area contributed by atoms with Crippen LogP contribution in [0.15, 0.2) is 84.6 Å². The second-order valence-electron chi connectivity index (χ2n) is 7.55. The van der Waals surface area contributed by atoms with Crippen LogP contribution in [-0.2, 0) is 11.3 Å². The van der Waals surface area contributed by atoms with Crippen LogP contribution < -0.4 is 10.6 Å². The van der Waals surface area contributed by atoms with Crippen LogP contribution in [0.4, 0.5) is 0 Å². The standard InChI is InChI=1S/C27H32N2O3S/c1-5-10-19(3)24(6-2)28-18-20-13-14-22(23(17-20)21-11-8-7-9-12-21)26(30)29-25(27(31)32)15-16-33-4/h5-14,17,25,28H,2,15-16,18H2,1,3-4H3,(H,29,30)(H,31,32)/b10-5-,24-19+. The fourth-order valence-corrected chi connectivity index (χ4v) is 3.87. The summed E-state index contributed by atoms with van der Waals surface area (Å²) in [5.41, 5.74) is 5.12. The lowest BCUT2D eigenvalue weighted by atomic mass is 9.96. The van der Waals surface area contributed by atoms with E-state index < -0.39 is 17.9 Å². The summed E-state index contributed by atoms with van der Waals surface area (Å²) in [5.74, 6) is -0.767. The summed E-state index contributed by atoms with van der Waals surface area (Å²) < 4.78 is 0. The van der Waals surface area contributed by atoms with Gasteiger partial charge in [0.1, 0.15) is 6.04 Å². The molecule has 0 saturated heterocycles. The molecule has 0 bridgehead atoms. The van der Waals surface area contributed by atoms with Gasteiger partial charge in [0.15, 0.2) is 0 Å². The number of hydrogen-bond acceptors (Lipinski definition) is 4. The molecule has 0 heterocycles. The van der Waals surface area contributed by atoms with E-state index in [9.17, 15) is 14.7 Å². The maximum atomic E-state index is 13.1. The lowest BCUT2D eigenvalue weighted by molar-refractivity contribution is -0.139. The van der Waals surface area contributed by atoms with E-state index in [2.05, 4.69) is 17.2 Å². The van der Waals surface area contributed by atoms with E-state index in [1.807, 2.05) is 74.7 Å². The summed E-state index contributed by atoms with van der Waals surface area (Å²) in [5, 5.41) is 15.6. The Morgan fingerprint density at radius 3 is 2.52 bits per heavy atom. The number of carboxylic acid groups (broad SMARTS) is 1. The van der Waals surface area contributed by atoms with Crippen molar-refractivity contribution < 1.29 is 14.7 Å². The number of amides is 1. The predicted octanol–water partition coefficient (Wildman–Crippen LogP) is 5.42. The molecule has 33 heavy (non-hydrogen) atoms. The van der Waals surface area contributed by atoms with Crippen LogP contribution in [0.2, 0.25) is 0 Å². The van der Waals surface area contributed by atoms with Gasteiger partial charge in [-0.2, -0.15) is 11.8 Å². The van der Waals surface area contributed by atoms with Gasteiger partial charge >= 0.3 is 5.97 Å². The number of aliphatic carboxylic acids is 1. The minimum atomic E-state index is -1.03. The molecule has 2 rings (SSSR count). The Morgan fingerprint density at radius 1 is 1.18 bits per heavy atom. The highest BCUT2D eigenvalue weighted by Crippen LogP contribution is 2.26. The zero-order valence-corrected chi connectivity index (χ0v) is 20.2. The smallest absolute Gasteiger partial charge is 0.326 e. The highest BCUT2D eigenvalue weighted by molar-refractivity contribution is 7.98. The molecular weight excluding hydrogens is 432 g/mol. The molecular formula is C27H32N2O3S. The van der Waals surface area contributed by atoms with Gasteiger partial charge in [0, 0.05) is 17.8 Å². The maximum Gasteiger partial charge on any atom is 0.326 e. The van der Waals surface area contributed by atoms with Crippen molar-refractivity contribution in [3.8, 4) is 11.1 Å². The van der Waals surface area contributed by atoms with Crippen molar-refractivity contribution in [2.75, 3.05) is 12.0 Å². The fourth-order valence-electron chi connectivity index (χ4n) is 3.39.